The third-order valence-corrected chi connectivity index (χ3v) is 3.03. The number of methoxy groups -OCH3 is 1. The van der Waals surface area contributed by atoms with E-state index >= 15 is 0 Å². The summed E-state index contributed by atoms with van der Waals surface area (Å²) in [7, 11) is 1.39. The van der Waals surface area contributed by atoms with E-state index < -0.39 is 0 Å². The molecule has 2 rings (SSSR count). The second kappa shape index (κ2) is 4.80. The van der Waals surface area contributed by atoms with Gasteiger partial charge in [0, 0.05) is 11.4 Å². The topological polar surface area (TPSA) is 44.1 Å². The highest BCUT2D eigenvalue weighted by molar-refractivity contribution is 5.95. The zero-order chi connectivity index (χ0) is 13.3. The van der Waals surface area contributed by atoms with Crippen LogP contribution in [-0.4, -0.2) is 22.9 Å². The second-order valence-electron chi connectivity index (χ2n) is 4.56. The van der Waals surface area contributed by atoms with Crippen molar-refractivity contribution in [2.45, 2.75) is 33.2 Å². The van der Waals surface area contributed by atoms with Gasteiger partial charge < -0.3 is 4.74 Å². The molecule has 0 N–H and O–H groups in total. The van der Waals surface area contributed by atoms with Crippen LogP contribution >= 0.6 is 0 Å². The van der Waals surface area contributed by atoms with E-state index in [1.165, 1.54) is 7.11 Å². The fraction of sp³-hybridized carbons (Fsp3) is 0.429. The number of aryl methyl sites for hydroxylation is 1. The fourth-order valence-corrected chi connectivity index (χ4v) is 2.10. The predicted octanol–water partition coefficient (Wildman–Crippen LogP) is 2.97. The van der Waals surface area contributed by atoms with Crippen molar-refractivity contribution in [1.29, 1.82) is 0 Å². The number of ether oxygens (including phenoxy) is 1. The maximum absolute atomic E-state index is 11.5. The monoisotopic (exact) mass is 246 g/mol. The first-order valence-corrected chi connectivity index (χ1v) is 6.18. The SMILES string of the molecule is CCc1nn(C(C)C)c2ccc(C(=O)OC)cc12. The summed E-state index contributed by atoms with van der Waals surface area (Å²) < 4.78 is 6.74. The molecule has 0 atom stereocenters. The van der Waals surface area contributed by atoms with Crippen LogP contribution in [0.5, 0.6) is 0 Å². The van der Waals surface area contributed by atoms with Gasteiger partial charge in [0.05, 0.1) is 23.9 Å². The quantitative estimate of drug-likeness (QED) is 0.782. The van der Waals surface area contributed by atoms with Crippen LogP contribution in [0.2, 0.25) is 0 Å². The van der Waals surface area contributed by atoms with E-state index in [0.29, 0.717) is 11.6 Å². The maximum Gasteiger partial charge on any atom is 0.337 e. The molecule has 0 radical (unpaired) electrons. The van der Waals surface area contributed by atoms with Gasteiger partial charge in [0.25, 0.3) is 0 Å². The largest absolute Gasteiger partial charge is 0.465 e. The van der Waals surface area contributed by atoms with E-state index in [-0.39, 0.29) is 5.97 Å². The lowest BCUT2D eigenvalue weighted by Gasteiger charge is -2.07. The van der Waals surface area contributed by atoms with Crippen LogP contribution in [0.4, 0.5) is 0 Å². The van der Waals surface area contributed by atoms with Crippen molar-refractivity contribution < 1.29 is 9.53 Å². The molecule has 0 fully saturated rings. The van der Waals surface area contributed by atoms with Crippen molar-refractivity contribution in [3.63, 3.8) is 0 Å². The second-order valence-corrected chi connectivity index (χ2v) is 4.56. The smallest absolute Gasteiger partial charge is 0.337 e. The molecule has 4 nitrogen and oxygen atoms in total. The molecule has 0 unspecified atom stereocenters. The van der Waals surface area contributed by atoms with E-state index in [0.717, 1.165) is 23.0 Å². The average Bonchev–Trinajstić information content (AvgIpc) is 2.75. The van der Waals surface area contributed by atoms with Gasteiger partial charge in [-0.15, -0.1) is 0 Å². The van der Waals surface area contributed by atoms with Crippen molar-refractivity contribution in [3.05, 3.63) is 29.5 Å². The number of carbonyl (C=O) groups is 1. The van der Waals surface area contributed by atoms with Gasteiger partial charge >= 0.3 is 5.97 Å². The molecule has 1 aromatic carbocycles. The van der Waals surface area contributed by atoms with Crippen LogP contribution in [0.15, 0.2) is 18.2 Å². The third kappa shape index (κ3) is 1.98. The van der Waals surface area contributed by atoms with Gasteiger partial charge in [-0.05, 0) is 38.5 Å². The standard InChI is InChI=1S/C14H18N2O2/c1-5-12-11-8-10(14(17)18-4)6-7-13(11)16(15-12)9(2)3/h6-9H,5H2,1-4H3. The number of aromatic nitrogens is 2. The van der Waals surface area contributed by atoms with Crippen LogP contribution in [-0.2, 0) is 11.2 Å². The molecular formula is C14H18N2O2. The first-order chi connectivity index (χ1) is 8.58. The van der Waals surface area contributed by atoms with Crippen LogP contribution in [0.25, 0.3) is 10.9 Å². The van der Waals surface area contributed by atoms with E-state index in [4.69, 9.17) is 4.74 Å². The van der Waals surface area contributed by atoms with Crippen LogP contribution in [0.1, 0.15) is 42.9 Å². The summed E-state index contributed by atoms with van der Waals surface area (Å²) in [6.07, 6.45) is 0.848. The Balaban J connectivity index is 2.65. The fourth-order valence-electron chi connectivity index (χ4n) is 2.10. The molecule has 4 heteroatoms. The summed E-state index contributed by atoms with van der Waals surface area (Å²) in [4.78, 5) is 11.5. The molecule has 0 aliphatic carbocycles. The average molecular weight is 246 g/mol. The van der Waals surface area contributed by atoms with Crippen molar-refractivity contribution >= 4 is 16.9 Å². The van der Waals surface area contributed by atoms with Gasteiger partial charge in [-0.2, -0.15) is 5.10 Å². The van der Waals surface area contributed by atoms with Crippen molar-refractivity contribution in [1.82, 2.24) is 9.78 Å². The van der Waals surface area contributed by atoms with Crippen LogP contribution in [0, 0.1) is 0 Å². The molecular weight excluding hydrogens is 228 g/mol. The zero-order valence-corrected chi connectivity index (χ0v) is 11.2. The highest BCUT2D eigenvalue weighted by Crippen LogP contribution is 2.23. The normalized spacial score (nSPS) is 11.2. The van der Waals surface area contributed by atoms with E-state index in [1.54, 1.807) is 6.07 Å². The Morgan fingerprint density at radius 1 is 1.44 bits per heavy atom. The summed E-state index contributed by atoms with van der Waals surface area (Å²) in [5, 5.41) is 5.63. The van der Waals surface area contributed by atoms with E-state index in [9.17, 15) is 4.79 Å². The van der Waals surface area contributed by atoms with Gasteiger partial charge in [-0.3, -0.25) is 4.68 Å². The Bertz CT molecular complexity index is 585. The van der Waals surface area contributed by atoms with E-state index in [2.05, 4.69) is 25.9 Å². The van der Waals surface area contributed by atoms with Crippen molar-refractivity contribution in [2.24, 2.45) is 0 Å². The Labute approximate surface area is 107 Å². The van der Waals surface area contributed by atoms with Gasteiger partial charge in [-0.1, -0.05) is 6.92 Å². The predicted molar refractivity (Wildman–Crippen MR) is 70.8 cm³/mol. The molecule has 2 aromatic rings. The lowest BCUT2D eigenvalue weighted by molar-refractivity contribution is 0.0601. The number of benzene rings is 1. The first-order valence-electron chi connectivity index (χ1n) is 6.18. The van der Waals surface area contributed by atoms with Gasteiger partial charge in [0.2, 0.25) is 0 Å². The number of nitrogens with zero attached hydrogens (tertiary/aromatic N) is 2. The summed E-state index contributed by atoms with van der Waals surface area (Å²) in [5.74, 6) is -0.309. The first kappa shape index (κ1) is 12.6. The molecule has 0 aliphatic heterocycles. The minimum Gasteiger partial charge on any atom is -0.465 e. The minimum atomic E-state index is -0.309. The van der Waals surface area contributed by atoms with Crippen molar-refractivity contribution in [2.75, 3.05) is 7.11 Å². The minimum absolute atomic E-state index is 0.303. The molecule has 0 saturated carbocycles. The van der Waals surface area contributed by atoms with Gasteiger partial charge in [-0.25, -0.2) is 4.79 Å². The summed E-state index contributed by atoms with van der Waals surface area (Å²) in [6, 6.07) is 5.89. The molecule has 0 amide bonds. The Hall–Kier alpha value is -1.84. The molecule has 0 spiro atoms. The Morgan fingerprint density at radius 3 is 2.72 bits per heavy atom. The van der Waals surface area contributed by atoms with Crippen LogP contribution < -0.4 is 0 Å². The Morgan fingerprint density at radius 2 is 2.17 bits per heavy atom. The summed E-state index contributed by atoms with van der Waals surface area (Å²) in [5.41, 5.74) is 2.65. The number of esters is 1. The molecule has 0 aliphatic rings. The lowest BCUT2D eigenvalue weighted by Crippen LogP contribution is -2.03. The molecule has 0 saturated heterocycles. The number of hydrogen-bond donors (Lipinski definition) is 0. The third-order valence-electron chi connectivity index (χ3n) is 3.03. The summed E-state index contributed by atoms with van der Waals surface area (Å²) in [6.45, 7) is 6.26. The van der Waals surface area contributed by atoms with E-state index in [1.807, 2.05) is 16.8 Å². The number of rotatable bonds is 3. The molecule has 0 bridgehead atoms. The number of hydrogen-bond acceptors (Lipinski definition) is 3. The maximum atomic E-state index is 11.5. The highest BCUT2D eigenvalue weighted by Gasteiger charge is 2.14. The van der Waals surface area contributed by atoms with Gasteiger partial charge in [0.1, 0.15) is 0 Å². The van der Waals surface area contributed by atoms with Crippen molar-refractivity contribution in [3.8, 4) is 0 Å². The zero-order valence-electron chi connectivity index (χ0n) is 11.2. The molecule has 96 valence electrons. The summed E-state index contributed by atoms with van der Waals surface area (Å²) >= 11 is 0. The Kier molecular flexibility index (Phi) is 3.36. The highest BCUT2D eigenvalue weighted by atomic mass is 16.5. The number of carbonyl (C=O) groups excluding carboxylic acids is 1. The van der Waals surface area contributed by atoms with Crippen LogP contribution in [0.3, 0.4) is 0 Å². The lowest BCUT2D eigenvalue weighted by atomic mass is 10.1. The number of fused-ring (bicyclic) bond motifs is 1. The molecule has 1 aromatic heterocycles. The molecule has 18 heavy (non-hydrogen) atoms. The molecule has 1 heterocycles. The van der Waals surface area contributed by atoms with Gasteiger partial charge in [0.15, 0.2) is 0 Å².